The van der Waals surface area contributed by atoms with Crippen molar-refractivity contribution in [3.8, 4) is 0 Å². The van der Waals surface area contributed by atoms with E-state index in [1.54, 1.807) is 0 Å². The first-order valence-corrected chi connectivity index (χ1v) is 7.67. The fourth-order valence-electron chi connectivity index (χ4n) is 3.66. The second-order valence-electron chi connectivity index (χ2n) is 6.48. The lowest BCUT2D eigenvalue weighted by Gasteiger charge is -2.42. The lowest BCUT2D eigenvalue weighted by Crippen LogP contribution is -2.54. The fourth-order valence-corrected chi connectivity index (χ4v) is 3.66. The maximum Gasteiger partial charge on any atom is 0.223 e. The first-order valence-electron chi connectivity index (χ1n) is 7.67. The monoisotopic (exact) mass is 268 g/mol. The molecule has 0 bridgehead atoms. The summed E-state index contributed by atoms with van der Waals surface area (Å²) < 4.78 is 5.50. The van der Waals surface area contributed by atoms with Crippen LogP contribution in [0.2, 0.25) is 0 Å². The average Bonchev–Trinajstić information content (AvgIpc) is 2.39. The van der Waals surface area contributed by atoms with Crippen LogP contribution in [0.15, 0.2) is 0 Å². The lowest BCUT2D eigenvalue weighted by atomic mass is 9.71. The molecule has 2 atom stereocenters. The summed E-state index contributed by atoms with van der Waals surface area (Å²) >= 11 is 0. The van der Waals surface area contributed by atoms with Crippen molar-refractivity contribution in [2.75, 3.05) is 19.8 Å². The van der Waals surface area contributed by atoms with Gasteiger partial charge in [0.2, 0.25) is 5.91 Å². The molecule has 0 aromatic rings. The predicted octanol–water partition coefficient (Wildman–Crippen LogP) is 1.92. The maximum absolute atomic E-state index is 12.7. The number of morpholine rings is 1. The van der Waals surface area contributed by atoms with Gasteiger partial charge in [-0.05, 0) is 38.6 Å². The highest BCUT2D eigenvalue weighted by molar-refractivity contribution is 5.77. The third kappa shape index (κ3) is 3.29. The van der Waals surface area contributed by atoms with Crippen molar-refractivity contribution in [1.82, 2.24) is 4.90 Å². The van der Waals surface area contributed by atoms with E-state index in [0.29, 0.717) is 26.2 Å². The minimum Gasteiger partial charge on any atom is -0.377 e. The molecule has 1 saturated heterocycles. The summed E-state index contributed by atoms with van der Waals surface area (Å²) in [5.41, 5.74) is 6.05. The topological polar surface area (TPSA) is 55.6 Å². The molecular formula is C15H28N2O2. The van der Waals surface area contributed by atoms with Gasteiger partial charge in [0.1, 0.15) is 0 Å². The Morgan fingerprint density at radius 2 is 1.79 bits per heavy atom. The maximum atomic E-state index is 12.7. The number of rotatable bonds is 3. The van der Waals surface area contributed by atoms with Crippen molar-refractivity contribution in [2.24, 2.45) is 11.1 Å². The zero-order chi connectivity index (χ0) is 13.9. The van der Waals surface area contributed by atoms with Crippen LogP contribution in [0, 0.1) is 5.41 Å². The van der Waals surface area contributed by atoms with Crippen LogP contribution in [0.1, 0.15) is 52.4 Å². The van der Waals surface area contributed by atoms with E-state index in [1.165, 1.54) is 19.3 Å². The summed E-state index contributed by atoms with van der Waals surface area (Å²) in [7, 11) is 0. The number of ether oxygens (including phenoxy) is 1. The minimum absolute atomic E-state index is 0.0626. The summed E-state index contributed by atoms with van der Waals surface area (Å²) in [5, 5.41) is 0. The van der Waals surface area contributed by atoms with E-state index in [9.17, 15) is 4.79 Å². The number of carbonyl (C=O) groups is 1. The van der Waals surface area contributed by atoms with Gasteiger partial charge in [0.15, 0.2) is 0 Å². The van der Waals surface area contributed by atoms with Gasteiger partial charge in [-0.15, -0.1) is 0 Å². The van der Waals surface area contributed by atoms with Gasteiger partial charge in [-0.1, -0.05) is 19.3 Å². The quantitative estimate of drug-likeness (QED) is 0.851. The first-order chi connectivity index (χ1) is 9.08. The standard InChI is InChI=1S/C15H28N2O2/c1-12-9-19-10-13(2)17(12)14(18)8-15(11-16)6-4-3-5-7-15/h12-13H,3-11,16H2,1-2H3. The molecule has 1 amide bonds. The highest BCUT2D eigenvalue weighted by Crippen LogP contribution is 2.39. The van der Waals surface area contributed by atoms with E-state index in [-0.39, 0.29) is 23.4 Å². The highest BCUT2D eigenvalue weighted by Gasteiger charge is 2.37. The molecule has 2 fully saturated rings. The molecule has 2 rings (SSSR count). The van der Waals surface area contributed by atoms with Crippen molar-refractivity contribution >= 4 is 5.91 Å². The van der Waals surface area contributed by atoms with Crippen LogP contribution in [-0.4, -0.2) is 42.6 Å². The number of nitrogens with zero attached hydrogens (tertiary/aromatic N) is 1. The molecule has 4 nitrogen and oxygen atoms in total. The average molecular weight is 268 g/mol. The number of hydrogen-bond donors (Lipinski definition) is 1. The van der Waals surface area contributed by atoms with Gasteiger partial charge in [0, 0.05) is 6.42 Å². The first kappa shape index (κ1) is 14.8. The summed E-state index contributed by atoms with van der Waals surface area (Å²) in [6, 6.07) is 0.379. The van der Waals surface area contributed by atoms with Crippen molar-refractivity contribution < 1.29 is 9.53 Å². The molecule has 19 heavy (non-hydrogen) atoms. The van der Waals surface area contributed by atoms with Gasteiger partial charge in [0.05, 0.1) is 25.3 Å². The molecule has 2 aliphatic rings. The Balaban J connectivity index is 2.02. The molecule has 0 aromatic carbocycles. The molecule has 1 saturated carbocycles. The summed E-state index contributed by atoms with van der Waals surface area (Å²) in [6.45, 7) is 6.11. The Bertz CT molecular complexity index is 303. The zero-order valence-corrected chi connectivity index (χ0v) is 12.4. The number of amides is 1. The Labute approximate surface area is 116 Å². The number of hydrogen-bond acceptors (Lipinski definition) is 3. The zero-order valence-electron chi connectivity index (χ0n) is 12.4. The van der Waals surface area contributed by atoms with Crippen molar-refractivity contribution in [2.45, 2.75) is 64.5 Å². The number of nitrogens with two attached hydrogens (primary N) is 1. The van der Waals surface area contributed by atoms with Crippen LogP contribution in [0.3, 0.4) is 0 Å². The molecule has 0 spiro atoms. The molecule has 2 unspecified atom stereocenters. The summed E-state index contributed by atoms with van der Waals surface area (Å²) in [6.07, 6.45) is 6.58. The molecule has 0 aromatic heterocycles. The smallest absolute Gasteiger partial charge is 0.223 e. The Kier molecular flexibility index (Phi) is 4.85. The Hall–Kier alpha value is -0.610. The molecule has 1 aliphatic heterocycles. The van der Waals surface area contributed by atoms with E-state index in [2.05, 4.69) is 13.8 Å². The third-order valence-corrected chi connectivity index (χ3v) is 4.83. The van der Waals surface area contributed by atoms with Gasteiger partial charge >= 0.3 is 0 Å². The van der Waals surface area contributed by atoms with Gasteiger partial charge in [-0.25, -0.2) is 0 Å². The third-order valence-electron chi connectivity index (χ3n) is 4.83. The predicted molar refractivity (Wildman–Crippen MR) is 75.8 cm³/mol. The largest absolute Gasteiger partial charge is 0.377 e. The van der Waals surface area contributed by atoms with E-state index in [0.717, 1.165) is 12.8 Å². The Morgan fingerprint density at radius 1 is 1.21 bits per heavy atom. The second-order valence-corrected chi connectivity index (χ2v) is 6.48. The van der Waals surface area contributed by atoms with Crippen LogP contribution in [0.5, 0.6) is 0 Å². The lowest BCUT2D eigenvalue weighted by molar-refractivity contribution is -0.147. The molecular weight excluding hydrogens is 240 g/mol. The molecule has 0 radical (unpaired) electrons. The van der Waals surface area contributed by atoms with Crippen molar-refractivity contribution in [3.05, 3.63) is 0 Å². The van der Waals surface area contributed by atoms with E-state index < -0.39 is 0 Å². The van der Waals surface area contributed by atoms with E-state index in [4.69, 9.17) is 10.5 Å². The Morgan fingerprint density at radius 3 is 2.32 bits per heavy atom. The molecule has 1 aliphatic carbocycles. The molecule has 1 heterocycles. The van der Waals surface area contributed by atoms with Crippen molar-refractivity contribution in [1.29, 1.82) is 0 Å². The molecule has 110 valence electrons. The van der Waals surface area contributed by atoms with E-state index >= 15 is 0 Å². The van der Waals surface area contributed by atoms with Crippen LogP contribution in [0.25, 0.3) is 0 Å². The van der Waals surface area contributed by atoms with E-state index in [1.807, 2.05) is 4.90 Å². The van der Waals surface area contributed by atoms with Crippen LogP contribution in [-0.2, 0) is 9.53 Å². The van der Waals surface area contributed by atoms with Crippen LogP contribution in [0.4, 0.5) is 0 Å². The minimum atomic E-state index is 0.0626. The van der Waals surface area contributed by atoms with Gasteiger partial charge in [-0.3, -0.25) is 4.79 Å². The SMILES string of the molecule is CC1COCC(C)N1C(=O)CC1(CN)CCCCC1. The normalized spacial score (nSPS) is 31.2. The molecule has 4 heteroatoms. The summed E-state index contributed by atoms with van der Waals surface area (Å²) in [5.74, 6) is 0.274. The molecule has 2 N–H and O–H groups in total. The fraction of sp³-hybridized carbons (Fsp3) is 0.933. The second kappa shape index (κ2) is 6.23. The van der Waals surface area contributed by atoms with Gasteiger partial charge < -0.3 is 15.4 Å². The number of carbonyl (C=O) groups excluding carboxylic acids is 1. The van der Waals surface area contributed by atoms with Crippen molar-refractivity contribution in [3.63, 3.8) is 0 Å². The van der Waals surface area contributed by atoms with Gasteiger partial charge in [0.25, 0.3) is 0 Å². The van der Waals surface area contributed by atoms with Crippen LogP contribution >= 0.6 is 0 Å². The van der Waals surface area contributed by atoms with Gasteiger partial charge in [-0.2, -0.15) is 0 Å². The summed E-state index contributed by atoms with van der Waals surface area (Å²) in [4.78, 5) is 14.7. The highest BCUT2D eigenvalue weighted by atomic mass is 16.5. The van der Waals surface area contributed by atoms with Crippen LogP contribution < -0.4 is 5.73 Å².